The minimum absolute atomic E-state index is 0.153. The molecular weight excluding hydrogens is 252 g/mol. The number of nitrogens with zero attached hydrogens (tertiary/aromatic N) is 1. The second kappa shape index (κ2) is 18.2. The molecule has 20 heavy (non-hydrogen) atoms. The summed E-state index contributed by atoms with van der Waals surface area (Å²) < 4.78 is 5.66. The zero-order valence-electron chi connectivity index (χ0n) is 14.6. The van der Waals surface area contributed by atoms with Crippen LogP contribution in [0.5, 0.6) is 0 Å². The quantitative estimate of drug-likeness (QED) is 0.472. The molecule has 0 amide bonds. The molecule has 0 bridgehead atoms. The maximum Gasteiger partial charge on any atom is 0.0601 e. The van der Waals surface area contributed by atoms with Crippen molar-refractivity contribution in [3.63, 3.8) is 0 Å². The van der Waals surface area contributed by atoms with Gasteiger partial charge < -0.3 is 21.2 Å². The minimum Gasteiger partial charge on any atom is -0.401 e. The first-order chi connectivity index (χ1) is 9.45. The van der Waals surface area contributed by atoms with Gasteiger partial charge in [0.05, 0.1) is 6.10 Å². The Hall–Kier alpha value is -0.780. The fourth-order valence-corrected chi connectivity index (χ4v) is 1.25. The van der Waals surface area contributed by atoms with Crippen LogP contribution >= 0.6 is 0 Å². The number of hydrazine groups is 1. The molecule has 0 saturated carbocycles. The highest BCUT2D eigenvalue weighted by molar-refractivity contribution is 4.96. The Balaban J connectivity index is -0.000000656. The molecule has 0 aliphatic carbocycles. The van der Waals surface area contributed by atoms with Crippen molar-refractivity contribution in [2.24, 2.45) is 23.2 Å². The Bertz CT molecular complexity index is 208. The lowest BCUT2D eigenvalue weighted by atomic mass is 10.1. The number of nitrogens with two attached hydrogens (primary N) is 3. The van der Waals surface area contributed by atoms with Gasteiger partial charge in [0.15, 0.2) is 0 Å². The molecule has 1 atom stereocenters. The highest BCUT2D eigenvalue weighted by atomic mass is 16.5. The summed E-state index contributed by atoms with van der Waals surface area (Å²) in [5.74, 6) is 6.31. The predicted octanol–water partition coefficient (Wildman–Crippen LogP) is 2.42. The standard InChI is InChI=1S/C12H27N3O.C2H6.CH5N/c1-5-15(14)9-12(13)8-11(4)16-7-6-10(2)3;2*1-2/h9-11H,5-8,13-14H2,1-4H3;1-2H3;2H2,1H3/b12-9-;;. The lowest BCUT2D eigenvalue weighted by Crippen LogP contribution is -2.26. The van der Waals surface area contributed by atoms with Crippen molar-refractivity contribution >= 4 is 0 Å². The van der Waals surface area contributed by atoms with Crippen molar-refractivity contribution < 1.29 is 4.74 Å². The van der Waals surface area contributed by atoms with Gasteiger partial charge in [-0.15, -0.1) is 0 Å². The average molecular weight is 290 g/mol. The molecule has 0 aromatic rings. The van der Waals surface area contributed by atoms with Gasteiger partial charge in [0.1, 0.15) is 0 Å². The zero-order valence-corrected chi connectivity index (χ0v) is 14.6. The SMILES string of the molecule is CC.CCN(N)/C=C(\N)CC(C)OCCC(C)C.CN. The zero-order chi connectivity index (χ0) is 16.6. The van der Waals surface area contributed by atoms with E-state index in [4.69, 9.17) is 16.3 Å². The van der Waals surface area contributed by atoms with Gasteiger partial charge in [0.2, 0.25) is 0 Å². The lowest BCUT2D eigenvalue weighted by molar-refractivity contribution is 0.0587. The third-order valence-electron chi connectivity index (χ3n) is 2.32. The van der Waals surface area contributed by atoms with E-state index in [9.17, 15) is 0 Å². The highest BCUT2D eigenvalue weighted by Crippen LogP contribution is 2.06. The van der Waals surface area contributed by atoms with Crippen LogP contribution in [0.2, 0.25) is 0 Å². The number of hydrogen-bond donors (Lipinski definition) is 3. The van der Waals surface area contributed by atoms with E-state index >= 15 is 0 Å². The summed E-state index contributed by atoms with van der Waals surface area (Å²) >= 11 is 0. The van der Waals surface area contributed by atoms with Gasteiger partial charge in [-0.25, -0.2) is 5.84 Å². The second-order valence-electron chi connectivity index (χ2n) is 4.60. The van der Waals surface area contributed by atoms with Gasteiger partial charge >= 0.3 is 0 Å². The summed E-state index contributed by atoms with van der Waals surface area (Å²) in [5, 5.41) is 1.58. The van der Waals surface area contributed by atoms with Crippen molar-refractivity contribution in [1.82, 2.24) is 5.01 Å². The Morgan fingerprint density at radius 2 is 1.70 bits per heavy atom. The van der Waals surface area contributed by atoms with E-state index in [0.717, 1.165) is 31.7 Å². The molecule has 0 saturated heterocycles. The van der Waals surface area contributed by atoms with Crippen molar-refractivity contribution in [1.29, 1.82) is 0 Å². The first-order valence-electron chi connectivity index (χ1n) is 7.62. The summed E-state index contributed by atoms with van der Waals surface area (Å²) in [4.78, 5) is 0. The molecule has 5 heteroatoms. The van der Waals surface area contributed by atoms with E-state index in [-0.39, 0.29) is 6.10 Å². The van der Waals surface area contributed by atoms with E-state index in [2.05, 4.69) is 19.6 Å². The molecular formula is C15H38N4O. The van der Waals surface area contributed by atoms with Gasteiger partial charge in [-0.05, 0) is 33.2 Å². The van der Waals surface area contributed by atoms with E-state index < -0.39 is 0 Å². The molecule has 6 N–H and O–H groups in total. The summed E-state index contributed by atoms with van der Waals surface area (Å²) in [6.07, 6.45) is 3.74. The van der Waals surface area contributed by atoms with Crippen LogP contribution in [0, 0.1) is 5.92 Å². The molecule has 124 valence electrons. The predicted molar refractivity (Wildman–Crippen MR) is 89.8 cm³/mol. The van der Waals surface area contributed by atoms with Gasteiger partial charge in [-0.1, -0.05) is 27.7 Å². The van der Waals surface area contributed by atoms with Gasteiger partial charge in [-0.2, -0.15) is 0 Å². The van der Waals surface area contributed by atoms with Gasteiger partial charge in [0, 0.05) is 31.5 Å². The minimum atomic E-state index is 0.153. The second-order valence-corrected chi connectivity index (χ2v) is 4.60. The van der Waals surface area contributed by atoms with Crippen LogP contribution in [-0.2, 0) is 4.74 Å². The van der Waals surface area contributed by atoms with Crippen LogP contribution < -0.4 is 17.3 Å². The Labute approximate surface area is 126 Å². The van der Waals surface area contributed by atoms with Crippen LogP contribution in [0.15, 0.2) is 11.9 Å². The van der Waals surface area contributed by atoms with Crippen molar-refractivity contribution in [3.05, 3.63) is 11.9 Å². The summed E-state index contributed by atoms with van der Waals surface area (Å²) in [5.41, 5.74) is 11.1. The van der Waals surface area contributed by atoms with Gasteiger partial charge in [0.25, 0.3) is 0 Å². The third-order valence-corrected chi connectivity index (χ3v) is 2.32. The van der Waals surface area contributed by atoms with E-state index in [1.54, 1.807) is 11.2 Å². The maximum atomic E-state index is 5.84. The molecule has 0 aromatic heterocycles. The Kier molecular flexibility index (Phi) is 22.1. The topological polar surface area (TPSA) is 90.5 Å². The van der Waals surface area contributed by atoms with Crippen molar-refractivity contribution in [2.45, 2.75) is 60.5 Å². The molecule has 5 nitrogen and oxygen atoms in total. The monoisotopic (exact) mass is 290 g/mol. The Morgan fingerprint density at radius 1 is 1.20 bits per heavy atom. The highest BCUT2D eigenvalue weighted by Gasteiger charge is 2.05. The first kappa shape index (κ1) is 24.3. The Morgan fingerprint density at radius 3 is 2.10 bits per heavy atom. The lowest BCUT2D eigenvalue weighted by Gasteiger charge is -2.16. The average Bonchev–Trinajstić information content (AvgIpc) is 2.42. The molecule has 0 rings (SSSR count). The summed E-state index contributed by atoms with van der Waals surface area (Å²) in [6.45, 7) is 13.9. The smallest absolute Gasteiger partial charge is 0.0601 e. The number of ether oxygens (including phenoxy) is 1. The maximum absolute atomic E-state index is 5.84. The fourth-order valence-electron chi connectivity index (χ4n) is 1.25. The molecule has 1 unspecified atom stereocenters. The third kappa shape index (κ3) is 19.6. The molecule has 0 aliphatic rings. The molecule has 0 radical (unpaired) electrons. The molecule has 0 fully saturated rings. The van der Waals surface area contributed by atoms with Crippen LogP contribution in [0.3, 0.4) is 0 Å². The summed E-state index contributed by atoms with van der Waals surface area (Å²) in [6, 6.07) is 0. The fraction of sp³-hybridized carbons (Fsp3) is 0.867. The number of rotatable bonds is 8. The van der Waals surface area contributed by atoms with Crippen LogP contribution in [0.4, 0.5) is 0 Å². The summed E-state index contributed by atoms with van der Waals surface area (Å²) in [7, 11) is 1.50. The van der Waals surface area contributed by atoms with Crippen LogP contribution in [-0.4, -0.2) is 31.3 Å². The molecule has 0 aromatic carbocycles. The van der Waals surface area contributed by atoms with E-state index in [1.165, 1.54) is 7.05 Å². The first-order valence-corrected chi connectivity index (χ1v) is 7.62. The van der Waals surface area contributed by atoms with Crippen molar-refractivity contribution in [2.75, 3.05) is 20.2 Å². The van der Waals surface area contributed by atoms with Crippen molar-refractivity contribution in [3.8, 4) is 0 Å². The van der Waals surface area contributed by atoms with Gasteiger partial charge in [-0.3, -0.25) is 0 Å². The van der Waals surface area contributed by atoms with Crippen LogP contribution in [0.25, 0.3) is 0 Å². The number of hydrogen-bond acceptors (Lipinski definition) is 5. The largest absolute Gasteiger partial charge is 0.401 e. The van der Waals surface area contributed by atoms with E-state index in [0.29, 0.717) is 5.92 Å². The normalized spacial score (nSPS) is 12.0. The van der Waals surface area contributed by atoms with Crippen LogP contribution in [0.1, 0.15) is 54.4 Å². The molecule has 0 aliphatic heterocycles. The molecule has 0 spiro atoms. The molecule has 0 heterocycles. The van der Waals surface area contributed by atoms with E-state index in [1.807, 2.05) is 27.7 Å².